The van der Waals surface area contributed by atoms with Crippen LogP contribution in [0.1, 0.15) is 22.8 Å². The van der Waals surface area contributed by atoms with Crippen molar-refractivity contribution in [3.05, 3.63) is 78.1 Å². The molecule has 1 saturated heterocycles. The molecule has 1 aromatic heterocycles. The summed E-state index contributed by atoms with van der Waals surface area (Å²) in [4.78, 5) is 17.0. The summed E-state index contributed by atoms with van der Waals surface area (Å²) in [5.74, 6) is 0.885. The number of carbonyl (C=O) groups is 1. The number of nitrogens with one attached hydrogen (secondary N) is 1. The molecule has 9 heteroatoms. The number of amides is 1. The van der Waals surface area contributed by atoms with Crippen LogP contribution >= 0.6 is 0 Å². The largest absolute Gasteiger partial charge is 0.457 e. The number of sulfonamides is 1. The van der Waals surface area contributed by atoms with Crippen LogP contribution in [0.4, 0.5) is 5.69 Å². The van der Waals surface area contributed by atoms with Crippen molar-refractivity contribution in [3.8, 4) is 11.5 Å². The van der Waals surface area contributed by atoms with Crippen LogP contribution in [0.15, 0.2) is 71.9 Å². The minimum Gasteiger partial charge on any atom is -0.457 e. The van der Waals surface area contributed by atoms with Gasteiger partial charge in [0, 0.05) is 36.7 Å². The Hall–Kier alpha value is -3.27. The van der Waals surface area contributed by atoms with Gasteiger partial charge in [0.25, 0.3) is 5.91 Å². The Morgan fingerprint density at radius 3 is 2.36 bits per heavy atom. The predicted molar refractivity (Wildman–Crippen MR) is 124 cm³/mol. The number of nitrogens with zero attached hydrogens (tertiary/aromatic N) is 2. The van der Waals surface area contributed by atoms with Gasteiger partial charge in [-0.2, -0.15) is 4.31 Å². The van der Waals surface area contributed by atoms with Gasteiger partial charge in [0.2, 0.25) is 10.0 Å². The number of carbonyl (C=O) groups excluding carboxylic acids is 1. The van der Waals surface area contributed by atoms with Gasteiger partial charge in [-0.25, -0.2) is 8.42 Å². The van der Waals surface area contributed by atoms with Crippen LogP contribution in [-0.2, 0) is 21.2 Å². The van der Waals surface area contributed by atoms with Crippen LogP contribution in [0.2, 0.25) is 0 Å². The van der Waals surface area contributed by atoms with Gasteiger partial charge in [-0.05, 0) is 60.5 Å². The standard InChI is InChI=1S/C24H25N3O5S/c1-2-18-3-4-19(17-23(18)33(29,30)27-13-15-31-16-14-27)24(28)26-20-5-7-21(8-6-20)32-22-9-11-25-12-10-22/h3-12,17H,2,13-16H2,1H3,(H,26,28). The zero-order valence-corrected chi connectivity index (χ0v) is 19.0. The molecule has 0 saturated carbocycles. The number of rotatable bonds is 7. The summed E-state index contributed by atoms with van der Waals surface area (Å²) < 4.78 is 38.8. The molecule has 0 atom stereocenters. The quantitative estimate of drug-likeness (QED) is 0.569. The molecule has 33 heavy (non-hydrogen) atoms. The molecule has 0 radical (unpaired) electrons. The van der Waals surface area contributed by atoms with Crippen molar-refractivity contribution in [2.24, 2.45) is 0 Å². The molecule has 1 aliphatic heterocycles. The van der Waals surface area contributed by atoms with Gasteiger partial charge < -0.3 is 14.8 Å². The van der Waals surface area contributed by atoms with Crippen molar-refractivity contribution in [3.63, 3.8) is 0 Å². The smallest absolute Gasteiger partial charge is 0.255 e. The number of benzene rings is 2. The summed E-state index contributed by atoms with van der Waals surface area (Å²) >= 11 is 0. The molecule has 1 aliphatic rings. The van der Waals surface area contributed by atoms with E-state index in [1.165, 1.54) is 10.4 Å². The predicted octanol–water partition coefficient (Wildman–Crippen LogP) is 3.71. The van der Waals surface area contributed by atoms with E-state index in [9.17, 15) is 13.2 Å². The summed E-state index contributed by atoms with van der Waals surface area (Å²) in [5, 5.41) is 2.81. The van der Waals surface area contributed by atoms with Crippen LogP contribution in [0, 0.1) is 0 Å². The number of ether oxygens (including phenoxy) is 2. The number of pyridine rings is 1. The fourth-order valence-corrected chi connectivity index (χ4v) is 5.23. The molecule has 1 amide bonds. The molecule has 2 aromatic carbocycles. The van der Waals surface area contributed by atoms with Crippen LogP contribution < -0.4 is 10.1 Å². The third kappa shape index (κ3) is 5.39. The van der Waals surface area contributed by atoms with E-state index >= 15 is 0 Å². The fourth-order valence-electron chi connectivity index (χ4n) is 3.51. The van der Waals surface area contributed by atoms with Gasteiger partial charge in [0.15, 0.2) is 0 Å². The molecular weight excluding hydrogens is 442 g/mol. The Bertz CT molecular complexity index is 1210. The zero-order valence-electron chi connectivity index (χ0n) is 18.2. The van der Waals surface area contributed by atoms with E-state index in [1.807, 2.05) is 6.92 Å². The fraction of sp³-hybridized carbons (Fsp3) is 0.250. The van der Waals surface area contributed by atoms with Crippen molar-refractivity contribution < 1.29 is 22.7 Å². The van der Waals surface area contributed by atoms with Crippen LogP contribution in [0.5, 0.6) is 11.5 Å². The lowest BCUT2D eigenvalue weighted by atomic mass is 10.1. The molecule has 4 rings (SSSR count). The third-order valence-electron chi connectivity index (χ3n) is 5.30. The first-order chi connectivity index (χ1) is 16.0. The first-order valence-electron chi connectivity index (χ1n) is 10.7. The molecule has 0 spiro atoms. The van der Waals surface area contributed by atoms with Gasteiger partial charge in [-0.15, -0.1) is 0 Å². The second-order valence-electron chi connectivity index (χ2n) is 7.46. The molecule has 8 nitrogen and oxygen atoms in total. The number of hydrogen-bond acceptors (Lipinski definition) is 6. The molecule has 1 fully saturated rings. The number of anilines is 1. The van der Waals surface area contributed by atoms with E-state index < -0.39 is 10.0 Å². The molecule has 0 bridgehead atoms. The number of aromatic nitrogens is 1. The normalized spacial score (nSPS) is 14.6. The van der Waals surface area contributed by atoms with E-state index in [4.69, 9.17) is 9.47 Å². The highest BCUT2D eigenvalue weighted by Crippen LogP contribution is 2.25. The first-order valence-corrected chi connectivity index (χ1v) is 12.1. The zero-order chi connectivity index (χ0) is 23.3. The highest BCUT2D eigenvalue weighted by atomic mass is 32.2. The van der Waals surface area contributed by atoms with Gasteiger partial charge in [-0.3, -0.25) is 9.78 Å². The lowest BCUT2D eigenvalue weighted by molar-refractivity contribution is 0.0730. The lowest BCUT2D eigenvalue weighted by Gasteiger charge is -2.27. The Kier molecular flexibility index (Phi) is 7.02. The number of aryl methyl sites for hydroxylation is 1. The van der Waals surface area contributed by atoms with Crippen LogP contribution in [-0.4, -0.2) is 49.9 Å². The summed E-state index contributed by atoms with van der Waals surface area (Å²) in [7, 11) is -3.72. The maximum Gasteiger partial charge on any atom is 0.255 e. The minimum absolute atomic E-state index is 0.167. The summed E-state index contributed by atoms with van der Waals surface area (Å²) in [6.07, 6.45) is 3.82. The first kappa shape index (κ1) is 22.9. The average Bonchev–Trinajstić information content (AvgIpc) is 2.86. The van der Waals surface area contributed by atoms with E-state index in [1.54, 1.807) is 60.9 Å². The van der Waals surface area contributed by atoms with Crippen LogP contribution in [0.3, 0.4) is 0 Å². The van der Waals surface area contributed by atoms with Crippen molar-refractivity contribution in [1.82, 2.24) is 9.29 Å². The lowest BCUT2D eigenvalue weighted by Crippen LogP contribution is -2.41. The highest BCUT2D eigenvalue weighted by molar-refractivity contribution is 7.89. The molecule has 172 valence electrons. The van der Waals surface area contributed by atoms with E-state index in [0.29, 0.717) is 55.5 Å². The van der Waals surface area contributed by atoms with E-state index in [0.717, 1.165) is 0 Å². The summed E-state index contributed by atoms with van der Waals surface area (Å²) in [6.45, 7) is 3.22. The second-order valence-corrected chi connectivity index (χ2v) is 9.36. The van der Waals surface area contributed by atoms with Crippen molar-refractivity contribution >= 4 is 21.6 Å². The average molecular weight is 468 g/mol. The summed E-state index contributed by atoms with van der Waals surface area (Å²) in [5.41, 5.74) is 1.52. The Balaban J connectivity index is 1.51. The molecule has 2 heterocycles. The van der Waals surface area contributed by atoms with Crippen molar-refractivity contribution in [2.75, 3.05) is 31.6 Å². The van der Waals surface area contributed by atoms with Gasteiger partial charge in [0.1, 0.15) is 11.5 Å². The molecule has 0 aliphatic carbocycles. The minimum atomic E-state index is -3.72. The topological polar surface area (TPSA) is 97.8 Å². The van der Waals surface area contributed by atoms with Crippen molar-refractivity contribution in [2.45, 2.75) is 18.2 Å². The monoisotopic (exact) mass is 467 g/mol. The Morgan fingerprint density at radius 1 is 1.03 bits per heavy atom. The van der Waals surface area contributed by atoms with Gasteiger partial charge in [-0.1, -0.05) is 13.0 Å². The molecule has 0 unspecified atom stereocenters. The molecule has 3 aromatic rings. The third-order valence-corrected chi connectivity index (χ3v) is 7.28. The second kappa shape index (κ2) is 10.1. The van der Waals surface area contributed by atoms with Crippen LogP contribution in [0.25, 0.3) is 0 Å². The maximum atomic E-state index is 13.2. The SMILES string of the molecule is CCc1ccc(C(=O)Nc2ccc(Oc3ccncc3)cc2)cc1S(=O)(=O)N1CCOCC1. The van der Waals surface area contributed by atoms with Gasteiger partial charge >= 0.3 is 0 Å². The highest BCUT2D eigenvalue weighted by Gasteiger charge is 2.29. The molecule has 1 N–H and O–H groups in total. The number of morpholine rings is 1. The Morgan fingerprint density at radius 2 is 1.70 bits per heavy atom. The van der Waals surface area contributed by atoms with E-state index in [-0.39, 0.29) is 16.4 Å². The van der Waals surface area contributed by atoms with E-state index in [2.05, 4.69) is 10.3 Å². The Labute approximate surface area is 193 Å². The van der Waals surface area contributed by atoms with Crippen molar-refractivity contribution in [1.29, 1.82) is 0 Å². The van der Waals surface area contributed by atoms with Gasteiger partial charge in [0.05, 0.1) is 18.1 Å². The number of hydrogen-bond donors (Lipinski definition) is 1. The summed E-state index contributed by atoms with van der Waals surface area (Å²) in [6, 6.07) is 15.2. The maximum absolute atomic E-state index is 13.2. The molecular formula is C24H25N3O5S.